The third-order valence-electron chi connectivity index (χ3n) is 6.12. The average Bonchev–Trinajstić information content (AvgIpc) is 3.50. The first-order chi connectivity index (χ1) is 16.5. The molecule has 4 rings (SSSR count). The molecule has 2 amide bonds. The van der Waals surface area contributed by atoms with E-state index in [2.05, 4.69) is 20.6 Å². The van der Waals surface area contributed by atoms with Crippen molar-refractivity contribution in [1.29, 1.82) is 0 Å². The maximum Gasteiger partial charge on any atom is 0.255 e. The molecule has 34 heavy (non-hydrogen) atoms. The molecule has 2 heterocycles. The van der Waals surface area contributed by atoms with Gasteiger partial charge in [0.2, 0.25) is 5.91 Å². The van der Waals surface area contributed by atoms with Gasteiger partial charge in [-0.05, 0) is 56.5 Å². The Morgan fingerprint density at radius 1 is 1.12 bits per heavy atom. The number of benzene rings is 2. The minimum absolute atomic E-state index is 0.264. The Bertz CT molecular complexity index is 1170. The van der Waals surface area contributed by atoms with Crippen molar-refractivity contribution in [2.45, 2.75) is 45.6 Å². The fourth-order valence-corrected chi connectivity index (χ4v) is 4.28. The van der Waals surface area contributed by atoms with Crippen molar-refractivity contribution < 1.29 is 14.0 Å². The van der Waals surface area contributed by atoms with E-state index in [1.165, 1.54) is 29.8 Å². The molecule has 0 bridgehead atoms. The van der Waals surface area contributed by atoms with Gasteiger partial charge >= 0.3 is 0 Å². The second-order valence-electron chi connectivity index (χ2n) is 8.56. The first-order valence-electron chi connectivity index (χ1n) is 11.7. The first-order valence-corrected chi connectivity index (χ1v) is 11.7. The van der Waals surface area contributed by atoms with Gasteiger partial charge < -0.3 is 15.5 Å². The number of carbonyl (C=O) groups excluding carboxylic acids is 2. The lowest BCUT2D eigenvalue weighted by Gasteiger charge is -2.20. The summed E-state index contributed by atoms with van der Waals surface area (Å²) in [5.74, 6) is -1.12. The van der Waals surface area contributed by atoms with Crippen LogP contribution in [0.15, 0.2) is 54.7 Å². The van der Waals surface area contributed by atoms with E-state index in [0.29, 0.717) is 23.4 Å². The lowest BCUT2D eigenvalue weighted by Crippen LogP contribution is -2.43. The van der Waals surface area contributed by atoms with Crippen molar-refractivity contribution in [3.63, 3.8) is 0 Å². The van der Waals surface area contributed by atoms with E-state index in [9.17, 15) is 14.0 Å². The van der Waals surface area contributed by atoms with Gasteiger partial charge in [0, 0.05) is 24.5 Å². The number of aromatic nitrogens is 2. The number of halogens is 1. The number of hydrogen-bond donors (Lipinski definition) is 2. The summed E-state index contributed by atoms with van der Waals surface area (Å²) in [5, 5.41) is 9.98. The van der Waals surface area contributed by atoms with E-state index < -0.39 is 17.8 Å². The highest BCUT2D eigenvalue weighted by molar-refractivity contribution is 6.01. The van der Waals surface area contributed by atoms with E-state index in [0.717, 1.165) is 25.2 Å². The highest BCUT2D eigenvalue weighted by Crippen LogP contribution is 2.24. The van der Waals surface area contributed by atoms with Crippen LogP contribution in [0.4, 0.5) is 15.8 Å². The van der Waals surface area contributed by atoms with Crippen LogP contribution in [0, 0.1) is 12.7 Å². The number of hydrogen-bond acceptors (Lipinski definition) is 4. The van der Waals surface area contributed by atoms with Gasteiger partial charge in [0.15, 0.2) is 0 Å². The predicted octanol–water partition coefficient (Wildman–Crippen LogP) is 4.46. The summed E-state index contributed by atoms with van der Waals surface area (Å²) in [4.78, 5) is 28.4. The number of carbonyl (C=O) groups is 2. The molecule has 0 saturated carbocycles. The van der Waals surface area contributed by atoms with Crippen LogP contribution < -0.4 is 15.5 Å². The molecule has 1 unspecified atom stereocenters. The van der Waals surface area contributed by atoms with Gasteiger partial charge in [0.25, 0.3) is 5.91 Å². The zero-order valence-corrected chi connectivity index (χ0v) is 19.6. The van der Waals surface area contributed by atoms with Crippen LogP contribution in [-0.2, 0) is 4.79 Å². The van der Waals surface area contributed by atoms with Crippen LogP contribution in [0.2, 0.25) is 0 Å². The fourth-order valence-electron chi connectivity index (χ4n) is 4.28. The maximum absolute atomic E-state index is 14.2. The molecule has 1 aromatic heterocycles. The van der Waals surface area contributed by atoms with E-state index >= 15 is 0 Å². The lowest BCUT2D eigenvalue weighted by molar-refractivity contribution is -0.118. The Morgan fingerprint density at radius 3 is 2.62 bits per heavy atom. The molecule has 1 aliphatic rings. The van der Waals surface area contributed by atoms with E-state index in [4.69, 9.17) is 0 Å². The normalized spacial score (nSPS) is 14.1. The van der Waals surface area contributed by atoms with Gasteiger partial charge in [-0.2, -0.15) is 5.10 Å². The van der Waals surface area contributed by atoms with Gasteiger partial charge in [0.1, 0.15) is 17.5 Å². The molecular formula is C26H30FN5O2. The smallest absolute Gasteiger partial charge is 0.255 e. The SMILES string of the molecule is CCCC(NC(=O)c1cnn(-c2ccccc2F)c1C)C(=O)Nc1cccc(N2CCCC2)c1. The summed E-state index contributed by atoms with van der Waals surface area (Å²) in [5.41, 5.74) is 2.85. The molecule has 0 aliphatic carbocycles. The molecule has 7 nitrogen and oxygen atoms in total. The number of nitrogens with one attached hydrogen (secondary N) is 2. The van der Waals surface area contributed by atoms with Gasteiger partial charge in [0.05, 0.1) is 17.5 Å². The van der Waals surface area contributed by atoms with Crippen molar-refractivity contribution >= 4 is 23.2 Å². The predicted molar refractivity (Wildman–Crippen MR) is 131 cm³/mol. The van der Waals surface area contributed by atoms with E-state index in [1.807, 2.05) is 31.2 Å². The molecule has 178 valence electrons. The summed E-state index contributed by atoms with van der Waals surface area (Å²) >= 11 is 0. The molecule has 1 aliphatic heterocycles. The molecule has 1 fully saturated rings. The van der Waals surface area contributed by atoms with Crippen LogP contribution >= 0.6 is 0 Å². The average molecular weight is 464 g/mol. The molecule has 2 aromatic carbocycles. The maximum atomic E-state index is 14.2. The quantitative estimate of drug-likeness (QED) is 0.517. The second kappa shape index (κ2) is 10.5. The van der Waals surface area contributed by atoms with Gasteiger partial charge in [-0.15, -0.1) is 0 Å². The molecule has 8 heteroatoms. The first kappa shape index (κ1) is 23.5. The minimum Gasteiger partial charge on any atom is -0.371 e. The highest BCUT2D eigenvalue weighted by atomic mass is 19.1. The summed E-state index contributed by atoms with van der Waals surface area (Å²) in [6, 6.07) is 13.3. The Kier molecular flexibility index (Phi) is 7.25. The van der Waals surface area contributed by atoms with Crippen molar-refractivity contribution in [2.75, 3.05) is 23.3 Å². The summed E-state index contributed by atoms with van der Waals surface area (Å²) < 4.78 is 15.6. The summed E-state index contributed by atoms with van der Waals surface area (Å²) in [7, 11) is 0. The molecule has 0 spiro atoms. The third kappa shape index (κ3) is 5.11. The van der Waals surface area contributed by atoms with E-state index in [-0.39, 0.29) is 11.6 Å². The topological polar surface area (TPSA) is 79.3 Å². The zero-order valence-electron chi connectivity index (χ0n) is 19.6. The van der Waals surface area contributed by atoms with Gasteiger partial charge in [-0.3, -0.25) is 9.59 Å². The van der Waals surface area contributed by atoms with Crippen LogP contribution in [0.1, 0.15) is 48.7 Å². The van der Waals surface area contributed by atoms with Crippen molar-refractivity contribution in [2.24, 2.45) is 0 Å². The van der Waals surface area contributed by atoms with Crippen LogP contribution in [-0.4, -0.2) is 40.7 Å². The van der Waals surface area contributed by atoms with Crippen LogP contribution in [0.25, 0.3) is 5.69 Å². The number of anilines is 2. The Hall–Kier alpha value is -3.68. The number of rotatable bonds is 8. The molecular weight excluding hydrogens is 433 g/mol. The monoisotopic (exact) mass is 463 g/mol. The lowest BCUT2D eigenvalue weighted by atomic mass is 10.1. The van der Waals surface area contributed by atoms with Crippen molar-refractivity contribution in [1.82, 2.24) is 15.1 Å². The third-order valence-corrected chi connectivity index (χ3v) is 6.12. The molecule has 1 atom stereocenters. The standard InChI is InChI=1S/C26H30FN5O2/c1-3-9-23(26(34)29-19-10-8-11-20(16-19)31-14-6-7-15-31)30-25(33)21-17-28-32(18(21)2)24-13-5-4-12-22(24)27/h4-5,8,10-13,16-17,23H,3,6-7,9,14-15H2,1-2H3,(H,29,34)(H,30,33). The largest absolute Gasteiger partial charge is 0.371 e. The van der Waals surface area contributed by atoms with Crippen molar-refractivity contribution in [3.05, 3.63) is 71.8 Å². The summed E-state index contributed by atoms with van der Waals surface area (Å²) in [6.07, 6.45) is 4.96. The number of para-hydroxylation sites is 1. The summed E-state index contributed by atoms with van der Waals surface area (Å²) in [6.45, 7) is 5.70. The Morgan fingerprint density at radius 2 is 1.88 bits per heavy atom. The molecule has 1 saturated heterocycles. The van der Waals surface area contributed by atoms with Crippen LogP contribution in [0.3, 0.4) is 0 Å². The van der Waals surface area contributed by atoms with Crippen molar-refractivity contribution in [3.8, 4) is 5.69 Å². The second-order valence-corrected chi connectivity index (χ2v) is 8.56. The van der Waals surface area contributed by atoms with Gasteiger partial charge in [-0.25, -0.2) is 9.07 Å². The zero-order chi connectivity index (χ0) is 24.1. The molecule has 0 radical (unpaired) electrons. The van der Waals surface area contributed by atoms with Gasteiger partial charge in [-0.1, -0.05) is 31.5 Å². The Balaban J connectivity index is 1.47. The fraction of sp³-hybridized carbons (Fsp3) is 0.346. The Labute approximate surface area is 199 Å². The van der Waals surface area contributed by atoms with Crippen LogP contribution in [0.5, 0.6) is 0 Å². The number of amides is 2. The number of nitrogens with zero attached hydrogens (tertiary/aromatic N) is 3. The van der Waals surface area contributed by atoms with E-state index in [1.54, 1.807) is 25.1 Å². The molecule has 3 aromatic rings. The highest BCUT2D eigenvalue weighted by Gasteiger charge is 2.24. The minimum atomic E-state index is -0.704. The molecule has 2 N–H and O–H groups in total.